The van der Waals surface area contributed by atoms with E-state index in [2.05, 4.69) is 4.90 Å². The molecule has 34 heavy (non-hydrogen) atoms. The van der Waals surface area contributed by atoms with Crippen molar-refractivity contribution < 1.29 is 23.5 Å². The fourth-order valence-electron chi connectivity index (χ4n) is 4.49. The second-order valence-corrected chi connectivity index (χ2v) is 8.59. The Labute approximate surface area is 199 Å². The quantitative estimate of drug-likeness (QED) is 0.580. The number of amides is 1. The Hall–Kier alpha value is -3.26. The predicted octanol–water partition coefficient (Wildman–Crippen LogP) is 3.79. The molecule has 2 aromatic rings. The summed E-state index contributed by atoms with van der Waals surface area (Å²) in [6.07, 6.45) is 1.89. The van der Waals surface area contributed by atoms with Gasteiger partial charge in [-0.3, -0.25) is 14.5 Å². The van der Waals surface area contributed by atoms with E-state index in [1.54, 1.807) is 26.2 Å². The first-order valence-electron chi connectivity index (χ1n) is 11.7. The minimum absolute atomic E-state index is 0.107. The maximum absolute atomic E-state index is 13.5. The Morgan fingerprint density at radius 1 is 1.06 bits per heavy atom. The summed E-state index contributed by atoms with van der Waals surface area (Å²) in [5.74, 6) is 0.0484. The summed E-state index contributed by atoms with van der Waals surface area (Å²) in [6.45, 7) is 3.71. The van der Waals surface area contributed by atoms with Gasteiger partial charge in [-0.15, -0.1) is 0 Å². The number of likely N-dealkylation sites (tertiary alicyclic amines) is 1. The molecule has 2 aliphatic rings. The van der Waals surface area contributed by atoms with Crippen molar-refractivity contribution in [3.63, 3.8) is 0 Å². The van der Waals surface area contributed by atoms with Crippen LogP contribution >= 0.6 is 0 Å². The number of halogens is 1. The van der Waals surface area contributed by atoms with Crippen molar-refractivity contribution in [1.29, 1.82) is 0 Å². The van der Waals surface area contributed by atoms with Gasteiger partial charge in [-0.05, 0) is 80.4 Å². The van der Waals surface area contributed by atoms with Crippen LogP contribution in [0.5, 0.6) is 5.75 Å². The van der Waals surface area contributed by atoms with Crippen molar-refractivity contribution in [2.45, 2.75) is 32.2 Å². The highest BCUT2D eigenvalue weighted by Gasteiger charge is 2.35. The van der Waals surface area contributed by atoms with E-state index >= 15 is 0 Å². The lowest BCUT2D eigenvalue weighted by atomic mass is 9.97. The molecule has 1 atom stereocenters. The van der Waals surface area contributed by atoms with Crippen LogP contribution in [0.25, 0.3) is 0 Å². The third kappa shape index (κ3) is 5.44. The van der Waals surface area contributed by atoms with Crippen LogP contribution in [0.1, 0.15) is 43.4 Å². The molecular formula is C26H30FN3O4. The first-order chi connectivity index (χ1) is 16.5. The van der Waals surface area contributed by atoms with Gasteiger partial charge >= 0.3 is 5.97 Å². The number of piperidine rings is 1. The second kappa shape index (κ2) is 10.8. The van der Waals surface area contributed by atoms with Crippen LogP contribution in [0.2, 0.25) is 0 Å². The highest BCUT2D eigenvalue weighted by atomic mass is 19.1. The molecule has 4 rings (SSSR count). The predicted molar refractivity (Wildman–Crippen MR) is 126 cm³/mol. The molecule has 1 saturated heterocycles. The molecule has 1 fully saturated rings. The molecule has 2 heterocycles. The molecule has 0 N–H and O–H groups in total. The van der Waals surface area contributed by atoms with Crippen molar-refractivity contribution in [1.82, 2.24) is 9.91 Å². The Morgan fingerprint density at radius 3 is 2.35 bits per heavy atom. The van der Waals surface area contributed by atoms with Gasteiger partial charge in [-0.1, -0.05) is 12.1 Å². The average Bonchev–Trinajstić information content (AvgIpc) is 3.31. The molecule has 0 saturated carbocycles. The smallest absolute Gasteiger partial charge is 0.309 e. The molecular weight excluding hydrogens is 437 g/mol. The van der Waals surface area contributed by atoms with E-state index in [4.69, 9.17) is 14.6 Å². The van der Waals surface area contributed by atoms with Crippen LogP contribution in [0, 0.1) is 11.7 Å². The van der Waals surface area contributed by atoms with Gasteiger partial charge in [0.2, 0.25) is 0 Å². The second-order valence-electron chi connectivity index (χ2n) is 8.59. The largest absolute Gasteiger partial charge is 0.497 e. The number of hydrazone groups is 1. The van der Waals surface area contributed by atoms with Crippen molar-refractivity contribution in [3.05, 3.63) is 65.5 Å². The summed E-state index contributed by atoms with van der Waals surface area (Å²) < 4.78 is 23.9. The summed E-state index contributed by atoms with van der Waals surface area (Å²) in [7, 11) is 1.61. The van der Waals surface area contributed by atoms with Crippen molar-refractivity contribution in [3.8, 4) is 5.75 Å². The first-order valence-corrected chi connectivity index (χ1v) is 11.7. The van der Waals surface area contributed by atoms with E-state index in [1.807, 2.05) is 24.3 Å². The number of esters is 1. The maximum Gasteiger partial charge on any atom is 0.309 e. The highest BCUT2D eigenvalue weighted by molar-refractivity contribution is 6.03. The zero-order valence-corrected chi connectivity index (χ0v) is 19.6. The van der Waals surface area contributed by atoms with Gasteiger partial charge in [-0.2, -0.15) is 5.10 Å². The molecule has 0 aliphatic carbocycles. The molecule has 7 nitrogen and oxygen atoms in total. The van der Waals surface area contributed by atoms with E-state index < -0.39 is 0 Å². The van der Waals surface area contributed by atoms with Crippen molar-refractivity contribution in [2.24, 2.45) is 11.0 Å². The maximum atomic E-state index is 13.5. The fourth-order valence-corrected chi connectivity index (χ4v) is 4.49. The average molecular weight is 468 g/mol. The number of carbonyl (C=O) groups is 2. The molecule has 180 valence electrons. The zero-order valence-electron chi connectivity index (χ0n) is 19.6. The molecule has 0 spiro atoms. The number of hydrogen-bond donors (Lipinski definition) is 0. The lowest BCUT2D eigenvalue weighted by Crippen LogP contribution is -2.43. The number of hydrogen-bond acceptors (Lipinski definition) is 6. The minimum atomic E-state index is -0.319. The number of nitrogens with zero attached hydrogens (tertiary/aromatic N) is 3. The van der Waals surface area contributed by atoms with Gasteiger partial charge in [-0.25, -0.2) is 9.40 Å². The van der Waals surface area contributed by atoms with E-state index in [9.17, 15) is 14.0 Å². The topological polar surface area (TPSA) is 71.4 Å². The van der Waals surface area contributed by atoms with Gasteiger partial charge in [0.05, 0.1) is 37.9 Å². The van der Waals surface area contributed by atoms with E-state index in [0.29, 0.717) is 39.0 Å². The number of rotatable bonds is 7. The molecule has 0 bridgehead atoms. The van der Waals surface area contributed by atoms with Gasteiger partial charge < -0.3 is 9.47 Å². The normalized spacial score (nSPS) is 19.1. The van der Waals surface area contributed by atoms with Crippen LogP contribution in [0.4, 0.5) is 4.39 Å². The molecule has 2 aromatic carbocycles. The van der Waals surface area contributed by atoms with E-state index in [-0.39, 0.29) is 36.2 Å². The molecule has 0 unspecified atom stereocenters. The van der Waals surface area contributed by atoms with Gasteiger partial charge in [0.15, 0.2) is 0 Å². The van der Waals surface area contributed by atoms with Crippen LogP contribution in [0.3, 0.4) is 0 Å². The van der Waals surface area contributed by atoms with Gasteiger partial charge in [0, 0.05) is 6.42 Å². The SMILES string of the molecule is CCOC(=O)C1CCN(CC(=O)N2N=C(c3ccc(OC)cc3)C[C@H]2c2ccc(F)cc2)CC1. The Bertz CT molecular complexity index is 1030. The number of ether oxygens (including phenoxy) is 2. The summed E-state index contributed by atoms with van der Waals surface area (Å²) in [6, 6.07) is 13.5. The Morgan fingerprint density at radius 2 is 1.74 bits per heavy atom. The molecule has 1 amide bonds. The zero-order chi connectivity index (χ0) is 24.1. The van der Waals surface area contributed by atoms with Crippen molar-refractivity contribution in [2.75, 3.05) is 33.4 Å². The van der Waals surface area contributed by atoms with Crippen LogP contribution in [-0.2, 0) is 14.3 Å². The highest BCUT2D eigenvalue weighted by Crippen LogP contribution is 2.33. The van der Waals surface area contributed by atoms with E-state index in [0.717, 1.165) is 22.6 Å². The fraction of sp³-hybridized carbons (Fsp3) is 0.423. The van der Waals surface area contributed by atoms with Crippen LogP contribution in [0.15, 0.2) is 53.6 Å². The molecule has 0 radical (unpaired) electrons. The van der Waals surface area contributed by atoms with Crippen molar-refractivity contribution >= 4 is 17.6 Å². The monoisotopic (exact) mass is 467 g/mol. The molecule has 2 aliphatic heterocycles. The lowest BCUT2D eigenvalue weighted by Gasteiger charge is -2.31. The van der Waals surface area contributed by atoms with E-state index in [1.165, 1.54) is 17.1 Å². The molecule has 0 aromatic heterocycles. The standard InChI is InChI=1S/C26H30FN3O4/c1-3-34-26(32)20-12-14-29(15-13-20)17-25(31)30-24(19-4-8-21(27)9-5-19)16-23(28-30)18-6-10-22(33-2)11-7-18/h4-11,20,24H,3,12-17H2,1-2H3/t24-/m0/s1. The Balaban J connectivity index is 1.48. The third-order valence-corrected chi connectivity index (χ3v) is 6.41. The summed E-state index contributed by atoms with van der Waals surface area (Å²) >= 11 is 0. The minimum Gasteiger partial charge on any atom is -0.497 e. The number of benzene rings is 2. The first kappa shape index (κ1) is 23.9. The van der Waals surface area contributed by atoms with Gasteiger partial charge in [0.25, 0.3) is 5.91 Å². The summed E-state index contributed by atoms with van der Waals surface area (Å²) in [4.78, 5) is 27.4. The number of methoxy groups -OCH3 is 1. The van der Waals surface area contributed by atoms with Crippen LogP contribution < -0.4 is 4.74 Å². The summed E-state index contributed by atoms with van der Waals surface area (Å²) in [5.41, 5.74) is 2.55. The third-order valence-electron chi connectivity index (χ3n) is 6.41. The van der Waals surface area contributed by atoms with Gasteiger partial charge in [0.1, 0.15) is 11.6 Å². The Kier molecular flexibility index (Phi) is 7.57. The summed E-state index contributed by atoms with van der Waals surface area (Å²) in [5, 5.41) is 6.22. The van der Waals surface area contributed by atoms with Crippen LogP contribution in [-0.4, -0.2) is 60.8 Å². The lowest BCUT2D eigenvalue weighted by molar-refractivity contribution is -0.149. The molecule has 8 heteroatoms. The number of carbonyl (C=O) groups excluding carboxylic acids is 2.